The van der Waals surface area contributed by atoms with Gasteiger partial charge in [0.25, 0.3) is 0 Å². The average molecular weight is 461 g/mol. The second-order valence-corrected chi connectivity index (χ2v) is 8.52. The number of Topliss-reactive ketones (excluding diaryl/α,β-unsaturated/α-hetero) is 1. The molecule has 33 heavy (non-hydrogen) atoms. The first-order chi connectivity index (χ1) is 15.7. The zero-order valence-corrected chi connectivity index (χ0v) is 18.7. The van der Waals surface area contributed by atoms with Gasteiger partial charge in [0.05, 0.1) is 16.5 Å². The Morgan fingerprint density at radius 1 is 1.06 bits per heavy atom. The van der Waals surface area contributed by atoms with Crippen LogP contribution in [-0.4, -0.2) is 18.8 Å². The Hall–Kier alpha value is -4.06. The summed E-state index contributed by atoms with van der Waals surface area (Å²) in [5.74, 6) is -0.247. The van der Waals surface area contributed by atoms with Crippen molar-refractivity contribution in [1.29, 1.82) is 5.26 Å². The zero-order chi connectivity index (χ0) is 24.0. The molecule has 7 nitrogen and oxygen atoms in total. The SMILES string of the molecule is C[n+]1ccc(/C=C(\C#N)C(=O)c2ccco2)c2ccccc21.Cc1ccc(S(=O)(=O)[O-])cc1. The van der Waals surface area contributed by atoms with E-state index in [1.165, 1.54) is 18.4 Å². The van der Waals surface area contributed by atoms with E-state index < -0.39 is 15.9 Å². The van der Waals surface area contributed by atoms with Gasteiger partial charge in [0.1, 0.15) is 28.8 Å². The quantitative estimate of drug-likeness (QED) is 0.150. The second kappa shape index (κ2) is 10.0. The lowest BCUT2D eigenvalue weighted by atomic mass is 10.0. The van der Waals surface area contributed by atoms with E-state index in [0.717, 1.165) is 22.0 Å². The molecular weight excluding hydrogens is 440 g/mol. The first-order valence-electron chi connectivity index (χ1n) is 9.80. The number of hydrogen-bond donors (Lipinski definition) is 0. The molecule has 4 rings (SSSR count). The molecule has 2 aromatic carbocycles. The number of benzene rings is 2. The van der Waals surface area contributed by atoms with E-state index in [-0.39, 0.29) is 16.2 Å². The van der Waals surface area contributed by atoms with Gasteiger partial charge in [-0.1, -0.05) is 29.8 Å². The molecule has 0 aliphatic carbocycles. The number of aromatic nitrogens is 1. The molecule has 2 aromatic heterocycles. The highest BCUT2D eigenvalue weighted by molar-refractivity contribution is 7.85. The van der Waals surface area contributed by atoms with Crippen molar-refractivity contribution < 1.29 is 26.7 Å². The number of allylic oxidation sites excluding steroid dienone is 1. The van der Waals surface area contributed by atoms with Gasteiger partial charge >= 0.3 is 0 Å². The molecule has 8 heteroatoms. The molecule has 0 fully saturated rings. The normalized spacial score (nSPS) is 11.4. The summed E-state index contributed by atoms with van der Waals surface area (Å²) >= 11 is 0. The van der Waals surface area contributed by atoms with E-state index >= 15 is 0 Å². The fourth-order valence-electron chi connectivity index (χ4n) is 3.06. The Morgan fingerprint density at radius 3 is 2.36 bits per heavy atom. The van der Waals surface area contributed by atoms with E-state index in [1.54, 1.807) is 30.3 Å². The fourth-order valence-corrected chi connectivity index (χ4v) is 3.53. The standard InChI is InChI=1S/C18H13N2O2.C7H8O3S/c1-20-9-8-13(15-5-2-3-6-16(15)20)11-14(12-19)18(21)17-7-4-10-22-17;1-6-2-4-7(5-3-6)11(8,9)10/h2-11H,1H3;2-5H,1H3,(H,8,9,10)/q+1;/p-1/b14-11+;. The van der Waals surface area contributed by atoms with Crippen molar-refractivity contribution in [2.45, 2.75) is 11.8 Å². The topological polar surface area (TPSA) is 115 Å². The molecular formula is C25H20N2O5S. The molecule has 0 amide bonds. The summed E-state index contributed by atoms with van der Waals surface area (Å²) in [6.45, 7) is 1.82. The number of furan rings is 1. The third-order valence-electron chi connectivity index (χ3n) is 4.79. The van der Waals surface area contributed by atoms with E-state index in [9.17, 15) is 23.0 Å². The van der Waals surface area contributed by atoms with Crippen molar-refractivity contribution in [2.24, 2.45) is 7.05 Å². The van der Waals surface area contributed by atoms with Gasteiger partial charge in [-0.3, -0.25) is 4.79 Å². The molecule has 0 aliphatic heterocycles. The van der Waals surface area contributed by atoms with Crippen LogP contribution < -0.4 is 4.57 Å². The molecule has 0 aliphatic rings. The van der Waals surface area contributed by atoms with E-state index in [0.29, 0.717) is 0 Å². The lowest BCUT2D eigenvalue weighted by molar-refractivity contribution is -0.644. The van der Waals surface area contributed by atoms with Crippen molar-refractivity contribution in [1.82, 2.24) is 0 Å². The molecule has 0 N–H and O–H groups in total. The number of fused-ring (bicyclic) bond motifs is 1. The Labute approximate surface area is 191 Å². The molecule has 2 heterocycles. The number of aryl methyl sites for hydroxylation is 2. The molecule has 0 unspecified atom stereocenters. The Balaban J connectivity index is 0.000000235. The smallest absolute Gasteiger partial charge is 0.238 e. The number of carbonyl (C=O) groups is 1. The zero-order valence-electron chi connectivity index (χ0n) is 17.9. The number of nitrogens with zero attached hydrogens (tertiary/aromatic N) is 2. The van der Waals surface area contributed by atoms with Gasteiger partial charge in [-0.05, 0) is 48.9 Å². The number of ketones is 1. The maximum absolute atomic E-state index is 12.3. The van der Waals surface area contributed by atoms with Crippen LogP contribution in [0.4, 0.5) is 0 Å². The van der Waals surface area contributed by atoms with E-state index in [2.05, 4.69) is 0 Å². The lowest BCUT2D eigenvalue weighted by Crippen LogP contribution is -2.28. The molecule has 0 atom stereocenters. The molecule has 0 bridgehead atoms. The predicted octanol–water partition coefficient (Wildman–Crippen LogP) is 3.95. The molecule has 166 valence electrons. The summed E-state index contributed by atoms with van der Waals surface area (Å²) in [5, 5.41) is 10.3. The minimum absolute atomic E-state index is 0.0500. The van der Waals surface area contributed by atoms with Gasteiger partial charge in [-0.15, -0.1) is 0 Å². The van der Waals surface area contributed by atoms with Crippen molar-refractivity contribution in [2.75, 3.05) is 0 Å². The van der Waals surface area contributed by atoms with Crippen LogP contribution in [0.3, 0.4) is 0 Å². The Morgan fingerprint density at radius 2 is 1.76 bits per heavy atom. The number of para-hydroxylation sites is 1. The van der Waals surface area contributed by atoms with Gasteiger partial charge in [-0.2, -0.15) is 5.26 Å². The number of hydrogen-bond acceptors (Lipinski definition) is 6. The average Bonchev–Trinajstić information content (AvgIpc) is 3.34. The molecule has 0 radical (unpaired) electrons. The summed E-state index contributed by atoms with van der Waals surface area (Å²) < 4.78 is 38.2. The number of nitriles is 1. The largest absolute Gasteiger partial charge is 0.744 e. The number of pyridine rings is 1. The minimum atomic E-state index is -4.27. The first kappa shape index (κ1) is 23.6. The van der Waals surface area contributed by atoms with Crippen molar-refractivity contribution in [3.05, 3.63) is 102 Å². The van der Waals surface area contributed by atoms with Gasteiger partial charge in [-0.25, -0.2) is 13.0 Å². The highest BCUT2D eigenvalue weighted by Gasteiger charge is 2.16. The predicted molar refractivity (Wildman–Crippen MR) is 121 cm³/mol. The number of rotatable bonds is 4. The van der Waals surface area contributed by atoms with Crippen LogP contribution in [0.2, 0.25) is 0 Å². The Bertz CT molecular complexity index is 1460. The maximum atomic E-state index is 12.3. The van der Waals surface area contributed by atoms with Gasteiger partial charge < -0.3 is 8.97 Å². The van der Waals surface area contributed by atoms with Crippen LogP contribution in [0.1, 0.15) is 21.7 Å². The minimum Gasteiger partial charge on any atom is -0.744 e. The molecule has 0 spiro atoms. The summed E-state index contributed by atoms with van der Waals surface area (Å²) in [6.07, 6.45) is 4.92. The summed E-state index contributed by atoms with van der Waals surface area (Å²) in [4.78, 5) is 12.1. The lowest BCUT2D eigenvalue weighted by Gasteiger charge is -2.05. The van der Waals surface area contributed by atoms with Crippen molar-refractivity contribution in [3.63, 3.8) is 0 Å². The Kier molecular flexibility index (Phi) is 7.18. The molecule has 0 saturated heterocycles. The highest BCUT2D eigenvalue weighted by atomic mass is 32.2. The van der Waals surface area contributed by atoms with Gasteiger partial charge in [0.2, 0.25) is 11.3 Å². The third-order valence-corrected chi connectivity index (χ3v) is 5.64. The monoisotopic (exact) mass is 460 g/mol. The first-order valence-corrected chi connectivity index (χ1v) is 11.2. The van der Waals surface area contributed by atoms with Gasteiger partial charge in [0, 0.05) is 12.1 Å². The molecule has 0 saturated carbocycles. The molecule has 4 aromatic rings. The maximum Gasteiger partial charge on any atom is 0.238 e. The van der Waals surface area contributed by atoms with Crippen molar-refractivity contribution >= 4 is 32.9 Å². The van der Waals surface area contributed by atoms with Crippen LogP contribution in [-0.2, 0) is 17.2 Å². The van der Waals surface area contributed by atoms with Crippen LogP contribution in [0, 0.1) is 18.3 Å². The fraction of sp³-hybridized carbons (Fsp3) is 0.0800. The van der Waals surface area contributed by atoms with Crippen LogP contribution in [0.5, 0.6) is 0 Å². The summed E-state index contributed by atoms with van der Waals surface area (Å²) in [6, 6.07) is 20.6. The van der Waals surface area contributed by atoms with Crippen LogP contribution >= 0.6 is 0 Å². The second-order valence-electron chi connectivity index (χ2n) is 7.14. The highest BCUT2D eigenvalue weighted by Crippen LogP contribution is 2.19. The van der Waals surface area contributed by atoms with Crippen LogP contribution in [0.15, 0.2) is 94.1 Å². The van der Waals surface area contributed by atoms with Gasteiger partial charge in [0.15, 0.2) is 12.0 Å². The number of carbonyl (C=O) groups excluding carboxylic acids is 1. The third kappa shape index (κ3) is 5.80. The van der Waals surface area contributed by atoms with E-state index in [4.69, 9.17) is 4.42 Å². The van der Waals surface area contributed by atoms with E-state index in [1.807, 2.05) is 61.1 Å². The van der Waals surface area contributed by atoms with Crippen molar-refractivity contribution in [3.8, 4) is 6.07 Å². The summed E-state index contributed by atoms with van der Waals surface area (Å²) in [5.41, 5.74) is 2.83. The van der Waals surface area contributed by atoms with Crippen LogP contribution in [0.25, 0.3) is 17.0 Å². The summed E-state index contributed by atoms with van der Waals surface area (Å²) in [7, 11) is -2.32.